The van der Waals surface area contributed by atoms with Crippen LogP contribution in [0.25, 0.3) is 11.0 Å². The van der Waals surface area contributed by atoms with Crippen LogP contribution in [0.4, 0.5) is 0 Å². The summed E-state index contributed by atoms with van der Waals surface area (Å²) in [4.78, 5) is 0. The van der Waals surface area contributed by atoms with Crippen LogP contribution in [0.3, 0.4) is 0 Å². The first kappa shape index (κ1) is 11.2. The maximum absolute atomic E-state index is 5.73. The van der Waals surface area contributed by atoms with Crippen LogP contribution in [0.5, 0.6) is 0 Å². The maximum atomic E-state index is 5.73. The molecule has 2 heteroatoms. The molecule has 0 saturated carbocycles. The van der Waals surface area contributed by atoms with E-state index < -0.39 is 0 Å². The van der Waals surface area contributed by atoms with Crippen molar-refractivity contribution in [2.24, 2.45) is 5.73 Å². The predicted molar refractivity (Wildman–Crippen MR) is 67.5 cm³/mol. The molecule has 1 aromatic heterocycles. The molecule has 86 valence electrons. The monoisotopic (exact) mass is 217 g/mol. The third-order valence-electron chi connectivity index (χ3n) is 3.03. The van der Waals surface area contributed by atoms with E-state index in [0.29, 0.717) is 6.54 Å². The SMILES string of the molecule is Cc1ccc(C(C)(C)C)c2occ(CN)c12. The minimum absolute atomic E-state index is 0.0929. The Bertz CT molecular complexity index is 517. The Kier molecular flexibility index (Phi) is 2.55. The molecule has 0 fully saturated rings. The highest BCUT2D eigenvalue weighted by Gasteiger charge is 2.20. The van der Waals surface area contributed by atoms with Gasteiger partial charge in [-0.25, -0.2) is 0 Å². The van der Waals surface area contributed by atoms with Crippen LogP contribution >= 0.6 is 0 Å². The van der Waals surface area contributed by atoms with Crippen molar-refractivity contribution in [1.82, 2.24) is 0 Å². The van der Waals surface area contributed by atoms with E-state index >= 15 is 0 Å². The average molecular weight is 217 g/mol. The molecular weight excluding hydrogens is 198 g/mol. The van der Waals surface area contributed by atoms with Crippen molar-refractivity contribution in [3.63, 3.8) is 0 Å². The van der Waals surface area contributed by atoms with Crippen molar-refractivity contribution in [3.05, 3.63) is 35.1 Å². The fourth-order valence-corrected chi connectivity index (χ4v) is 2.13. The van der Waals surface area contributed by atoms with Crippen LogP contribution < -0.4 is 5.73 Å². The number of benzene rings is 1. The normalized spacial score (nSPS) is 12.3. The number of fused-ring (bicyclic) bond motifs is 1. The second-order valence-corrected chi connectivity index (χ2v) is 5.35. The summed E-state index contributed by atoms with van der Waals surface area (Å²) in [6, 6.07) is 4.30. The zero-order chi connectivity index (χ0) is 11.9. The highest BCUT2D eigenvalue weighted by molar-refractivity contribution is 5.87. The van der Waals surface area contributed by atoms with Crippen molar-refractivity contribution in [2.75, 3.05) is 0 Å². The molecule has 0 unspecified atom stereocenters. The average Bonchev–Trinajstić information content (AvgIpc) is 2.60. The molecule has 1 aromatic carbocycles. The number of hydrogen-bond acceptors (Lipinski definition) is 2. The first-order valence-corrected chi connectivity index (χ1v) is 5.65. The van der Waals surface area contributed by atoms with E-state index in [-0.39, 0.29) is 5.41 Å². The van der Waals surface area contributed by atoms with Crippen LogP contribution in [0.15, 0.2) is 22.8 Å². The summed E-state index contributed by atoms with van der Waals surface area (Å²) in [5.41, 5.74) is 10.4. The summed E-state index contributed by atoms with van der Waals surface area (Å²) in [7, 11) is 0. The van der Waals surface area contributed by atoms with E-state index in [1.54, 1.807) is 6.26 Å². The Hall–Kier alpha value is -1.28. The van der Waals surface area contributed by atoms with Gasteiger partial charge in [-0.05, 0) is 17.9 Å². The smallest absolute Gasteiger partial charge is 0.138 e. The van der Waals surface area contributed by atoms with Gasteiger partial charge in [0, 0.05) is 23.1 Å². The van der Waals surface area contributed by atoms with Crippen molar-refractivity contribution in [3.8, 4) is 0 Å². The Balaban J connectivity index is 2.81. The lowest BCUT2D eigenvalue weighted by atomic mass is 9.85. The summed E-state index contributed by atoms with van der Waals surface area (Å²) in [5.74, 6) is 0. The molecule has 2 aromatic rings. The molecule has 0 spiro atoms. The summed E-state index contributed by atoms with van der Waals surface area (Å²) in [5, 5.41) is 1.19. The minimum atomic E-state index is 0.0929. The molecular formula is C14H19NO. The quantitative estimate of drug-likeness (QED) is 0.794. The van der Waals surface area contributed by atoms with Crippen LogP contribution in [0.1, 0.15) is 37.5 Å². The zero-order valence-corrected chi connectivity index (χ0v) is 10.4. The van der Waals surface area contributed by atoms with Gasteiger partial charge in [-0.2, -0.15) is 0 Å². The molecule has 0 bridgehead atoms. The van der Waals surface area contributed by atoms with E-state index in [4.69, 9.17) is 10.2 Å². The number of aryl methyl sites for hydroxylation is 1. The molecule has 0 amide bonds. The number of rotatable bonds is 1. The minimum Gasteiger partial charge on any atom is -0.464 e. The van der Waals surface area contributed by atoms with Crippen LogP contribution in [0.2, 0.25) is 0 Å². The third kappa shape index (κ3) is 1.63. The lowest BCUT2D eigenvalue weighted by Crippen LogP contribution is -2.11. The lowest BCUT2D eigenvalue weighted by Gasteiger charge is -2.19. The molecule has 0 atom stereocenters. The number of nitrogens with two attached hydrogens (primary N) is 1. The van der Waals surface area contributed by atoms with Gasteiger partial charge in [0.15, 0.2) is 0 Å². The van der Waals surface area contributed by atoms with Gasteiger partial charge in [0.1, 0.15) is 5.58 Å². The molecule has 0 aliphatic carbocycles. The first-order valence-electron chi connectivity index (χ1n) is 5.65. The molecule has 2 nitrogen and oxygen atoms in total. The highest BCUT2D eigenvalue weighted by Crippen LogP contribution is 2.34. The van der Waals surface area contributed by atoms with Crippen LogP contribution in [-0.4, -0.2) is 0 Å². The van der Waals surface area contributed by atoms with E-state index in [1.807, 2.05) is 0 Å². The van der Waals surface area contributed by atoms with Gasteiger partial charge in [0.2, 0.25) is 0 Å². The fraction of sp³-hybridized carbons (Fsp3) is 0.429. The van der Waals surface area contributed by atoms with Gasteiger partial charge in [-0.15, -0.1) is 0 Å². The number of hydrogen-bond donors (Lipinski definition) is 1. The maximum Gasteiger partial charge on any atom is 0.138 e. The van der Waals surface area contributed by atoms with Gasteiger partial charge in [0.05, 0.1) is 6.26 Å². The summed E-state index contributed by atoms with van der Waals surface area (Å²) in [6.45, 7) is 9.22. The van der Waals surface area contributed by atoms with Gasteiger partial charge < -0.3 is 10.2 Å². The van der Waals surface area contributed by atoms with E-state index in [0.717, 1.165) is 11.1 Å². The number of furan rings is 1. The van der Waals surface area contributed by atoms with Crippen molar-refractivity contribution >= 4 is 11.0 Å². The van der Waals surface area contributed by atoms with Gasteiger partial charge in [-0.3, -0.25) is 0 Å². The highest BCUT2D eigenvalue weighted by atomic mass is 16.3. The summed E-state index contributed by atoms with van der Waals surface area (Å²) >= 11 is 0. The van der Waals surface area contributed by atoms with Gasteiger partial charge in [0.25, 0.3) is 0 Å². The van der Waals surface area contributed by atoms with Gasteiger partial charge >= 0.3 is 0 Å². The predicted octanol–water partition coefficient (Wildman–Crippen LogP) is 3.50. The Morgan fingerprint density at radius 2 is 1.94 bits per heavy atom. The second kappa shape index (κ2) is 3.63. The topological polar surface area (TPSA) is 39.2 Å². The fourth-order valence-electron chi connectivity index (χ4n) is 2.13. The lowest BCUT2D eigenvalue weighted by molar-refractivity contribution is 0.557. The van der Waals surface area contributed by atoms with Crippen molar-refractivity contribution in [2.45, 2.75) is 39.7 Å². The Labute approximate surface area is 96.4 Å². The van der Waals surface area contributed by atoms with Crippen LogP contribution in [0, 0.1) is 6.92 Å². The van der Waals surface area contributed by atoms with E-state index in [2.05, 4.69) is 39.8 Å². The van der Waals surface area contributed by atoms with Crippen molar-refractivity contribution < 1.29 is 4.42 Å². The molecule has 0 saturated heterocycles. The van der Waals surface area contributed by atoms with E-state index in [9.17, 15) is 0 Å². The Morgan fingerprint density at radius 1 is 1.25 bits per heavy atom. The summed E-state index contributed by atoms with van der Waals surface area (Å²) in [6.07, 6.45) is 1.78. The first-order chi connectivity index (χ1) is 7.45. The third-order valence-corrected chi connectivity index (χ3v) is 3.03. The summed E-state index contributed by atoms with van der Waals surface area (Å²) < 4.78 is 5.70. The largest absolute Gasteiger partial charge is 0.464 e. The molecule has 0 radical (unpaired) electrons. The second-order valence-electron chi connectivity index (χ2n) is 5.35. The van der Waals surface area contributed by atoms with Crippen LogP contribution in [-0.2, 0) is 12.0 Å². The van der Waals surface area contributed by atoms with Crippen molar-refractivity contribution in [1.29, 1.82) is 0 Å². The zero-order valence-electron chi connectivity index (χ0n) is 10.4. The molecule has 0 aliphatic heterocycles. The molecule has 0 aliphatic rings. The molecule has 16 heavy (non-hydrogen) atoms. The molecule has 2 N–H and O–H groups in total. The van der Waals surface area contributed by atoms with E-state index in [1.165, 1.54) is 16.5 Å². The Morgan fingerprint density at radius 3 is 2.50 bits per heavy atom. The van der Waals surface area contributed by atoms with Gasteiger partial charge in [-0.1, -0.05) is 32.9 Å². The standard InChI is InChI=1S/C14H19NO/c1-9-5-6-11(14(2,3)4)13-12(9)10(7-15)8-16-13/h5-6,8H,7,15H2,1-4H3. The molecule has 2 rings (SSSR count). The molecule has 1 heterocycles.